The average Bonchev–Trinajstić information content (AvgIpc) is 3.07. The van der Waals surface area contributed by atoms with E-state index < -0.39 is 0 Å². The first-order valence-electron chi connectivity index (χ1n) is 9.04. The first kappa shape index (κ1) is 19.0. The second kappa shape index (κ2) is 7.56. The number of carbonyl (C=O) groups excluding carboxylic acids is 1. The molecule has 0 bridgehead atoms. The molecule has 6 nitrogen and oxygen atoms in total. The molecule has 7 heteroatoms. The zero-order valence-electron chi connectivity index (χ0n) is 16.2. The lowest BCUT2D eigenvalue weighted by Crippen LogP contribution is -2.13. The SMILES string of the molecule is COc1ccc(-n2nc(C)c3c(Cl)c(C(=O)Nc4ccc(C)cc4)cnc32)cc1. The van der Waals surface area contributed by atoms with Gasteiger partial charge >= 0.3 is 0 Å². The van der Waals surface area contributed by atoms with Crippen LogP contribution in [0.5, 0.6) is 5.75 Å². The third kappa shape index (κ3) is 3.54. The minimum Gasteiger partial charge on any atom is -0.497 e. The lowest BCUT2D eigenvalue weighted by atomic mass is 10.1. The highest BCUT2D eigenvalue weighted by molar-refractivity contribution is 6.39. The summed E-state index contributed by atoms with van der Waals surface area (Å²) in [5.74, 6) is 0.438. The predicted molar refractivity (Wildman–Crippen MR) is 114 cm³/mol. The van der Waals surface area contributed by atoms with Gasteiger partial charge < -0.3 is 10.1 Å². The number of aromatic nitrogens is 3. The molecular formula is C22H19ClN4O2. The van der Waals surface area contributed by atoms with Gasteiger partial charge in [-0.1, -0.05) is 29.3 Å². The number of benzene rings is 2. The van der Waals surface area contributed by atoms with Gasteiger partial charge in [-0.2, -0.15) is 5.10 Å². The number of amides is 1. The number of hydrogen-bond acceptors (Lipinski definition) is 4. The van der Waals surface area contributed by atoms with Gasteiger partial charge in [-0.3, -0.25) is 4.79 Å². The Bertz CT molecular complexity index is 1200. The molecule has 146 valence electrons. The van der Waals surface area contributed by atoms with Crippen molar-refractivity contribution in [2.75, 3.05) is 12.4 Å². The van der Waals surface area contributed by atoms with Gasteiger partial charge in [0.25, 0.3) is 5.91 Å². The normalized spacial score (nSPS) is 10.9. The van der Waals surface area contributed by atoms with E-state index in [1.165, 1.54) is 6.20 Å². The molecule has 0 unspecified atom stereocenters. The van der Waals surface area contributed by atoms with Crippen LogP contribution >= 0.6 is 11.6 Å². The molecule has 1 N–H and O–H groups in total. The maximum atomic E-state index is 12.7. The Balaban J connectivity index is 1.73. The highest BCUT2D eigenvalue weighted by Crippen LogP contribution is 2.30. The first-order valence-corrected chi connectivity index (χ1v) is 9.42. The topological polar surface area (TPSA) is 69.0 Å². The summed E-state index contributed by atoms with van der Waals surface area (Å²) in [5.41, 5.74) is 4.22. The smallest absolute Gasteiger partial charge is 0.258 e. The molecule has 0 aliphatic carbocycles. The standard InChI is InChI=1S/C22H19ClN4O2/c1-13-4-6-15(7-5-13)25-22(28)18-12-24-21-19(20(18)23)14(2)26-27(21)16-8-10-17(29-3)11-9-16/h4-12H,1-3H3,(H,25,28). The van der Waals surface area contributed by atoms with Crippen molar-refractivity contribution in [1.29, 1.82) is 0 Å². The lowest BCUT2D eigenvalue weighted by molar-refractivity contribution is 0.102. The Morgan fingerprint density at radius 1 is 1.07 bits per heavy atom. The second-order valence-electron chi connectivity index (χ2n) is 6.70. The van der Waals surface area contributed by atoms with Gasteiger partial charge in [0.05, 0.1) is 34.5 Å². The highest BCUT2D eigenvalue weighted by Gasteiger charge is 2.20. The Morgan fingerprint density at radius 2 is 1.76 bits per heavy atom. The molecule has 4 rings (SSSR count). The minimum absolute atomic E-state index is 0.303. The third-order valence-corrected chi connectivity index (χ3v) is 5.07. The van der Waals surface area contributed by atoms with E-state index in [9.17, 15) is 4.79 Å². The molecule has 0 aliphatic rings. The van der Waals surface area contributed by atoms with E-state index in [1.54, 1.807) is 11.8 Å². The summed E-state index contributed by atoms with van der Waals surface area (Å²) in [7, 11) is 1.62. The van der Waals surface area contributed by atoms with Crippen LogP contribution in [0.2, 0.25) is 5.02 Å². The number of halogens is 1. The van der Waals surface area contributed by atoms with Crippen molar-refractivity contribution < 1.29 is 9.53 Å². The summed E-state index contributed by atoms with van der Waals surface area (Å²) < 4.78 is 6.91. The van der Waals surface area contributed by atoms with Crippen LogP contribution in [0.1, 0.15) is 21.6 Å². The van der Waals surface area contributed by atoms with Crippen molar-refractivity contribution in [2.24, 2.45) is 0 Å². The molecule has 2 aromatic carbocycles. The van der Waals surface area contributed by atoms with Crippen LogP contribution < -0.4 is 10.1 Å². The maximum absolute atomic E-state index is 12.7. The van der Waals surface area contributed by atoms with Crippen molar-refractivity contribution in [2.45, 2.75) is 13.8 Å². The highest BCUT2D eigenvalue weighted by atomic mass is 35.5. The number of fused-ring (bicyclic) bond motifs is 1. The number of nitrogens with zero attached hydrogens (tertiary/aromatic N) is 3. The van der Waals surface area contributed by atoms with Crippen LogP contribution in [0.3, 0.4) is 0 Å². The number of aryl methyl sites for hydroxylation is 2. The van der Waals surface area contributed by atoms with Gasteiger partial charge in [0.15, 0.2) is 5.65 Å². The molecule has 0 aliphatic heterocycles. The van der Waals surface area contributed by atoms with E-state index >= 15 is 0 Å². The van der Waals surface area contributed by atoms with Gasteiger partial charge in [-0.15, -0.1) is 0 Å². The molecule has 0 saturated heterocycles. The summed E-state index contributed by atoms with van der Waals surface area (Å²) in [6.45, 7) is 3.83. The van der Waals surface area contributed by atoms with Crippen molar-refractivity contribution in [3.05, 3.63) is 76.6 Å². The lowest BCUT2D eigenvalue weighted by Gasteiger charge is -2.08. The van der Waals surface area contributed by atoms with Crippen molar-refractivity contribution >= 4 is 34.2 Å². The third-order valence-electron chi connectivity index (χ3n) is 4.68. The summed E-state index contributed by atoms with van der Waals surface area (Å²) in [6, 6.07) is 15.0. The molecule has 2 aromatic heterocycles. The van der Waals surface area contributed by atoms with E-state index in [4.69, 9.17) is 16.3 Å². The number of ether oxygens (including phenoxy) is 1. The number of hydrogen-bond donors (Lipinski definition) is 1. The monoisotopic (exact) mass is 406 g/mol. The van der Waals surface area contributed by atoms with Crippen LogP contribution in [0.4, 0.5) is 5.69 Å². The fraction of sp³-hybridized carbons (Fsp3) is 0.136. The molecule has 0 saturated carbocycles. The Kier molecular flexibility index (Phi) is 4.94. The predicted octanol–water partition coefficient (Wildman–Crippen LogP) is 4.95. The number of pyridine rings is 1. The molecule has 1 amide bonds. The summed E-state index contributed by atoms with van der Waals surface area (Å²) >= 11 is 6.61. The largest absolute Gasteiger partial charge is 0.497 e. The minimum atomic E-state index is -0.315. The molecule has 0 spiro atoms. The Morgan fingerprint density at radius 3 is 2.41 bits per heavy atom. The van der Waals surface area contributed by atoms with Gasteiger partial charge in [-0.25, -0.2) is 9.67 Å². The van der Waals surface area contributed by atoms with Gasteiger partial charge in [0, 0.05) is 11.9 Å². The van der Waals surface area contributed by atoms with E-state index in [0.717, 1.165) is 17.0 Å². The quantitative estimate of drug-likeness (QED) is 0.520. The van der Waals surface area contributed by atoms with Gasteiger partial charge in [0.2, 0.25) is 0 Å². The van der Waals surface area contributed by atoms with Crippen LogP contribution in [0.25, 0.3) is 16.7 Å². The zero-order chi connectivity index (χ0) is 20.5. The van der Waals surface area contributed by atoms with Crippen molar-refractivity contribution in [3.8, 4) is 11.4 Å². The number of carbonyl (C=O) groups is 1. The average molecular weight is 407 g/mol. The van der Waals surface area contributed by atoms with Gasteiger partial charge in [-0.05, 0) is 50.2 Å². The fourth-order valence-corrected chi connectivity index (χ4v) is 3.46. The van der Waals surface area contributed by atoms with Crippen molar-refractivity contribution in [1.82, 2.24) is 14.8 Å². The number of anilines is 1. The van der Waals surface area contributed by atoms with E-state index in [1.807, 2.05) is 62.4 Å². The molecule has 2 heterocycles. The summed E-state index contributed by atoms with van der Waals surface area (Å²) in [6.07, 6.45) is 1.48. The van der Waals surface area contributed by atoms with Crippen LogP contribution in [-0.2, 0) is 0 Å². The molecule has 0 atom stereocenters. The first-order chi connectivity index (χ1) is 14.0. The molecule has 4 aromatic rings. The Hall–Kier alpha value is -3.38. The van der Waals surface area contributed by atoms with E-state index in [-0.39, 0.29) is 5.91 Å². The number of rotatable bonds is 4. The van der Waals surface area contributed by atoms with Crippen LogP contribution in [-0.4, -0.2) is 27.8 Å². The zero-order valence-corrected chi connectivity index (χ0v) is 17.0. The van der Waals surface area contributed by atoms with Crippen molar-refractivity contribution in [3.63, 3.8) is 0 Å². The number of methoxy groups -OCH3 is 1. The van der Waals surface area contributed by atoms with Crippen LogP contribution in [0, 0.1) is 13.8 Å². The molecule has 29 heavy (non-hydrogen) atoms. The van der Waals surface area contributed by atoms with Gasteiger partial charge in [0.1, 0.15) is 5.75 Å². The van der Waals surface area contributed by atoms with E-state index in [0.29, 0.717) is 33.0 Å². The molecule has 0 fully saturated rings. The van der Waals surface area contributed by atoms with Crippen LogP contribution in [0.15, 0.2) is 54.7 Å². The summed E-state index contributed by atoms with van der Waals surface area (Å²) in [4.78, 5) is 17.2. The summed E-state index contributed by atoms with van der Waals surface area (Å²) in [5, 5.41) is 8.41. The fourth-order valence-electron chi connectivity index (χ4n) is 3.11. The second-order valence-corrected chi connectivity index (χ2v) is 7.08. The maximum Gasteiger partial charge on any atom is 0.258 e. The van der Waals surface area contributed by atoms with E-state index in [2.05, 4.69) is 15.4 Å². The number of nitrogens with one attached hydrogen (secondary N) is 1. The molecular weight excluding hydrogens is 388 g/mol. The Labute approximate surface area is 173 Å². The molecule has 0 radical (unpaired) electrons.